The molecule has 1 unspecified atom stereocenters. The molecule has 0 aliphatic carbocycles. The van der Waals surface area contributed by atoms with Gasteiger partial charge in [0.15, 0.2) is 0 Å². The first-order valence-corrected chi connectivity index (χ1v) is 9.41. The highest BCUT2D eigenvalue weighted by molar-refractivity contribution is 7.07. The van der Waals surface area contributed by atoms with Crippen LogP contribution in [-0.4, -0.2) is 45.6 Å². The van der Waals surface area contributed by atoms with E-state index in [0.717, 1.165) is 25.1 Å². The third-order valence-electron chi connectivity index (χ3n) is 5.03. The average Bonchev–Trinajstić information content (AvgIpc) is 3.23. The number of aryl methyl sites for hydroxylation is 2. The maximum Gasteiger partial charge on any atom is 0.236 e. The normalized spacial score (nSPS) is 18.2. The van der Waals surface area contributed by atoms with Crippen LogP contribution in [0.3, 0.4) is 0 Å². The summed E-state index contributed by atoms with van der Waals surface area (Å²) in [4.78, 5) is 16.8. The van der Waals surface area contributed by atoms with Gasteiger partial charge in [-0.3, -0.25) is 14.4 Å². The smallest absolute Gasteiger partial charge is 0.236 e. The Morgan fingerprint density at radius 1 is 1.46 bits per heavy atom. The summed E-state index contributed by atoms with van der Waals surface area (Å²) in [6.07, 6.45) is 2.24. The molecule has 1 aliphatic rings. The summed E-state index contributed by atoms with van der Waals surface area (Å²) in [6.45, 7) is 6.35. The molecule has 24 heavy (non-hydrogen) atoms. The molecule has 1 atom stereocenters. The lowest BCUT2D eigenvalue weighted by atomic mass is 10.0. The Kier molecular flexibility index (Phi) is 5.06. The van der Waals surface area contributed by atoms with Gasteiger partial charge in [-0.15, -0.1) is 0 Å². The van der Waals surface area contributed by atoms with Gasteiger partial charge in [-0.1, -0.05) is 0 Å². The van der Waals surface area contributed by atoms with E-state index in [4.69, 9.17) is 0 Å². The van der Waals surface area contributed by atoms with Crippen LogP contribution >= 0.6 is 11.3 Å². The predicted molar refractivity (Wildman–Crippen MR) is 97.0 cm³/mol. The molecule has 0 N–H and O–H groups in total. The van der Waals surface area contributed by atoms with Crippen LogP contribution in [0.4, 0.5) is 0 Å². The van der Waals surface area contributed by atoms with Gasteiger partial charge in [-0.2, -0.15) is 16.4 Å². The second-order valence-electron chi connectivity index (χ2n) is 6.72. The Labute approximate surface area is 147 Å². The first kappa shape index (κ1) is 17.2. The van der Waals surface area contributed by atoms with E-state index in [2.05, 4.69) is 40.7 Å². The van der Waals surface area contributed by atoms with Crippen LogP contribution in [0, 0.1) is 13.8 Å². The van der Waals surface area contributed by atoms with Crippen LogP contribution in [-0.2, 0) is 18.4 Å². The van der Waals surface area contributed by atoms with Crippen molar-refractivity contribution in [3.05, 3.63) is 39.3 Å². The Hall–Kier alpha value is -1.66. The topological polar surface area (TPSA) is 41.4 Å². The minimum atomic E-state index is 0.187. The first-order chi connectivity index (χ1) is 11.5. The van der Waals surface area contributed by atoms with Gasteiger partial charge in [0, 0.05) is 37.9 Å². The van der Waals surface area contributed by atoms with Gasteiger partial charge >= 0.3 is 0 Å². The predicted octanol–water partition coefficient (Wildman–Crippen LogP) is 2.89. The molecular weight excluding hydrogens is 320 g/mol. The van der Waals surface area contributed by atoms with E-state index in [9.17, 15) is 4.79 Å². The maximum atomic E-state index is 12.6. The fourth-order valence-electron chi connectivity index (χ4n) is 3.65. The lowest BCUT2D eigenvalue weighted by Gasteiger charge is -2.27. The molecule has 0 saturated carbocycles. The van der Waals surface area contributed by atoms with Gasteiger partial charge in [-0.05, 0) is 55.6 Å². The van der Waals surface area contributed by atoms with Crippen molar-refractivity contribution in [2.75, 3.05) is 20.1 Å². The number of nitrogens with zero attached hydrogens (tertiary/aromatic N) is 4. The molecule has 0 radical (unpaired) electrons. The van der Waals surface area contributed by atoms with Crippen molar-refractivity contribution < 1.29 is 4.79 Å². The number of hydrogen-bond donors (Lipinski definition) is 0. The van der Waals surface area contributed by atoms with Gasteiger partial charge in [-0.25, -0.2) is 0 Å². The maximum absolute atomic E-state index is 12.6. The van der Waals surface area contributed by atoms with Gasteiger partial charge in [0.1, 0.15) is 0 Å². The Bertz CT molecular complexity index is 707. The molecule has 6 heteroatoms. The lowest BCUT2D eigenvalue weighted by molar-refractivity contribution is -0.131. The summed E-state index contributed by atoms with van der Waals surface area (Å²) in [5.41, 5.74) is 4.81. The van der Waals surface area contributed by atoms with Gasteiger partial charge in [0.2, 0.25) is 5.91 Å². The number of amides is 1. The number of hydrogen-bond acceptors (Lipinski definition) is 4. The highest BCUT2D eigenvalue weighted by atomic mass is 32.1. The summed E-state index contributed by atoms with van der Waals surface area (Å²) >= 11 is 1.67. The van der Waals surface area contributed by atoms with Crippen LogP contribution in [0.25, 0.3) is 0 Å². The zero-order valence-corrected chi connectivity index (χ0v) is 15.8. The molecule has 3 heterocycles. The van der Waals surface area contributed by atoms with E-state index in [1.165, 1.54) is 16.8 Å². The highest BCUT2D eigenvalue weighted by Crippen LogP contribution is 2.35. The van der Waals surface area contributed by atoms with E-state index in [0.29, 0.717) is 19.1 Å². The van der Waals surface area contributed by atoms with E-state index in [1.807, 2.05) is 23.7 Å². The first-order valence-electron chi connectivity index (χ1n) is 8.46. The molecule has 2 aromatic rings. The molecular formula is C18H26N4OS. The van der Waals surface area contributed by atoms with Crippen LogP contribution in [0.5, 0.6) is 0 Å². The van der Waals surface area contributed by atoms with E-state index < -0.39 is 0 Å². The molecule has 2 aromatic heterocycles. The fraction of sp³-hybridized carbons (Fsp3) is 0.556. The Morgan fingerprint density at radius 3 is 2.88 bits per heavy atom. The number of thiophene rings is 1. The van der Waals surface area contributed by atoms with Crippen molar-refractivity contribution in [3.8, 4) is 0 Å². The Balaban J connectivity index is 1.68. The minimum absolute atomic E-state index is 0.187. The standard InChI is InChI=1S/C18H26N4OS/c1-13-18(14(2)21(4)19-13)16-6-5-8-22(16)11-17(23)20(3)10-15-7-9-24-12-15/h7,9,12,16H,5-6,8,10-11H2,1-4H3. The molecule has 1 fully saturated rings. The van der Waals surface area contributed by atoms with Crippen LogP contribution in [0.15, 0.2) is 16.8 Å². The summed E-state index contributed by atoms with van der Waals surface area (Å²) in [6, 6.07) is 2.40. The fourth-order valence-corrected chi connectivity index (χ4v) is 4.31. The average molecular weight is 346 g/mol. The van der Waals surface area contributed by atoms with Crippen LogP contribution < -0.4 is 0 Å². The summed E-state index contributed by atoms with van der Waals surface area (Å²) in [5, 5.41) is 8.71. The molecule has 0 bridgehead atoms. The van der Waals surface area contributed by atoms with Crippen molar-refractivity contribution in [2.24, 2.45) is 7.05 Å². The largest absolute Gasteiger partial charge is 0.340 e. The van der Waals surface area contributed by atoms with Gasteiger partial charge in [0.05, 0.1) is 12.2 Å². The molecule has 3 rings (SSSR count). The van der Waals surface area contributed by atoms with Crippen molar-refractivity contribution in [3.63, 3.8) is 0 Å². The SMILES string of the molecule is Cc1nn(C)c(C)c1C1CCCN1CC(=O)N(C)Cc1ccsc1. The summed E-state index contributed by atoms with van der Waals surface area (Å²) in [5.74, 6) is 0.187. The van der Waals surface area contributed by atoms with Crippen LogP contribution in [0.2, 0.25) is 0 Å². The summed E-state index contributed by atoms with van der Waals surface area (Å²) < 4.78 is 1.95. The number of likely N-dealkylation sites (N-methyl/N-ethyl adjacent to an activating group) is 1. The number of rotatable bonds is 5. The quantitative estimate of drug-likeness (QED) is 0.836. The zero-order valence-electron chi connectivity index (χ0n) is 15.0. The molecule has 1 aliphatic heterocycles. The molecule has 0 spiro atoms. The minimum Gasteiger partial charge on any atom is -0.340 e. The lowest BCUT2D eigenvalue weighted by Crippen LogP contribution is -2.38. The molecule has 1 saturated heterocycles. The molecule has 5 nitrogen and oxygen atoms in total. The molecule has 0 aromatic carbocycles. The van der Waals surface area contributed by atoms with Crippen molar-refractivity contribution in [1.82, 2.24) is 19.6 Å². The van der Waals surface area contributed by atoms with E-state index in [-0.39, 0.29) is 5.91 Å². The van der Waals surface area contributed by atoms with Gasteiger partial charge < -0.3 is 4.90 Å². The zero-order chi connectivity index (χ0) is 17.3. The van der Waals surface area contributed by atoms with E-state index >= 15 is 0 Å². The number of carbonyl (C=O) groups is 1. The summed E-state index contributed by atoms with van der Waals surface area (Å²) in [7, 11) is 3.89. The third-order valence-corrected chi connectivity index (χ3v) is 5.76. The monoisotopic (exact) mass is 346 g/mol. The number of carbonyl (C=O) groups excluding carboxylic acids is 1. The molecule has 130 valence electrons. The van der Waals surface area contributed by atoms with Crippen LogP contribution in [0.1, 0.15) is 41.4 Å². The number of aromatic nitrogens is 2. The molecule has 1 amide bonds. The van der Waals surface area contributed by atoms with Crippen molar-refractivity contribution >= 4 is 17.2 Å². The third kappa shape index (κ3) is 3.39. The van der Waals surface area contributed by atoms with E-state index in [1.54, 1.807) is 11.3 Å². The van der Waals surface area contributed by atoms with Gasteiger partial charge in [0.25, 0.3) is 0 Å². The second kappa shape index (κ2) is 7.07. The van der Waals surface area contributed by atoms with Crippen molar-refractivity contribution in [2.45, 2.75) is 39.3 Å². The highest BCUT2D eigenvalue weighted by Gasteiger charge is 2.32. The Morgan fingerprint density at radius 2 is 2.25 bits per heavy atom. The van der Waals surface area contributed by atoms with Crippen molar-refractivity contribution in [1.29, 1.82) is 0 Å². The second-order valence-corrected chi connectivity index (χ2v) is 7.50. The number of likely N-dealkylation sites (tertiary alicyclic amines) is 1.